The Balaban J connectivity index is 1.38. The lowest BCUT2D eigenvalue weighted by Crippen LogP contribution is -2.50. The molecule has 3 heterocycles. The Morgan fingerprint density at radius 1 is 1.07 bits per heavy atom. The summed E-state index contributed by atoms with van der Waals surface area (Å²) in [6.45, 7) is 11.7. The molecule has 2 amide bonds. The van der Waals surface area contributed by atoms with E-state index in [2.05, 4.69) is 39.1 Å². The van der Waals surface area contributed by atoms with Crippen molar-refractivity contribution < 1.29 is 14.4 Å². The van der Waals surface area contributed by atoms with Gasteiger partial charge in [0.2, 0.25) is 11.8 Å². The monoisotopic (exact) mass is 578 g/mol. The number of aryl methyl sites for hydroxylation is 3. The van der Waals surface area contributed by atoms with Crippen LogP contribution in [0, 0.1) is 19.8 Å². The first-order chi connectivity index (χ1) is 20.7. The molecule has 9 nitrogen and oxygen atoms in total. The van der Waals surface area contributed by atoms with Gasteiger partial charge in [0.15, 0.2) is 5.78 Å². The minimum absolute atomic E-state index is 0.0738. The van der Waals surface area contributed by atoms with Crippen LogP contribution in [0.1, 0.15) is 54.1 Å². The van der Waals surface area contributed by atoms with Gasteiger partial charge < -0.3 is 10.2 Å². The molecule has 0 saturated carbocycles. The molecule has 0 unspecified atom stereocenters. The van der Waals surface area contributed by atoms with E-state index in [9.17, 15) is 14.4 Å². The predicted molar refractivity (Wildman–Crippen MR) is 166 cm³/mol. The molecular formula is C34H38N6O3. The summed E-state index contributed by atoms with van der Waals surface area (Å²) in [5.74, 6) is 0.150. The van der Waals surface area contributed by atoms with Crippen molar-refractivity contribution in [2.24, 2.45) is 5.92 Å². The first-order valence-electron chi connectivity index (χ1n) is 14.7. The highest BCUT2D eigenvalue weighted by atomic mass is 16.2. The summed E-state index contributed by atoms with van der Waals surface area (Å²) in [6, 6.07) is 13.2. The molecule has 1 saturated heterocycles. The smallest absolute Gasteiger partial charge is 0.245 e. The van der Waals surface area contributed by atoms with E-state index in [1.54, 1.807) is 28.1 Å². The highest BCUT2D eigenvalue weighted by Crippen LogP contribution is 2.33. The van der Waals surface area contributed by atoms with Crippen LogP contribution in [-0.2, 0) is 22.6 Å². The van der Waals surface area contributed by atoms with Crippen molar-refractivity contribution in [3.63, 3.8) is 0 Å². The zero-order chi connectivity index (χ0) is 30.7. The third-order valence-corrected chi connectivity index (χ3v) is 8.22. The van der Waals surface area contributed by atoms with Gasteiger partial charge in [-0.3, -0.25) is 19.1 Å². The Labute approximate surface area is 252 Å². The first kappa shape index (κ1) is 29.8. The normalized spacial score (nSPS) is 18.1. The predicted octanol–water partition coefficient (Wildman–Crippen LogP) is 4.85. The van der Waals surface area contributed by atoms with Crippen LogP contribution in [0.25, 0.3) is 22.0 Å². The SMILES string of the molecule is C=C[C@@H]1[C@@H](C)C[C@@H](C(=O)NCCCc2ccccc2)N1C(=O)Cn1nc(C(C)=O)c2cc(-c3cnc(C)nc3)cc(C)c21. The first-order valence-corrected chi connectivity index (χ1v) is 14.7. The number of nitrogens with zero attached hydrogens (tertiary/aromatic N) is 5. The number of Topliss-reactive ketones (excluding diaryl/α,β-unsaturated/α-hetero) is 1. The van der Waals surface area contributed by atoms with Gasteiger partial charge in [0.25, 0.3) is 0 Å². The van der Waals surface area contributed by atoms with E-state index in [0.717, 1.165) is 29.5 Å². The number of carbonyl (C=O) groups is 3. The number of fused-ring (bicyclic) bond motifs is 1. The fourth-order valence-electron chi connectivity index (χ4n) is 6.09. The van der Waals surface area contributed by atoms with Crippen LogP contribution < -0.4 is 5.32 Å². The number of aromatic nitrogens is 4. The third kappa shape index (κ3) is 6.26. The second-order valence-corrected chi connectivity index (χ2v) is 11.4. The van der Waals surface area contributed by atoms with Crippen LogP contribution in [0.2, 0.25) is 0 Å². The fraction of sp³-hybridized carbons (Fsp3) is 0.353. The van der Waals surface area contributed by atoms with Crippen LogP contribution >= 0.6 is 0 Å². The highest BCUT2D eigenvalue weighted by molar-refractivity contribution is 6.07. The molecule has 1 aliphatic rings. The van der Waals surface area contributed by atoms with E-state index in [1.165, 1.54) is 12.5 Å². The van der Waals surface area contributed by atoms with E-state index >= 15 is 0 Å². The summed E-state index contributed by atoms with van der Waals surface area (Å²) in [4.78, 5) is 50.2. The Morgan fingerprint density at radius 3 is 2.47 bits per heavy atom. The molecule has 9 heteroatoms. The van der Waals surface area contributed by atoms with E-state index in [4.69, 9.17) is 0 Å². The summed E-state index contributed by atoms with van der Waals surface area (Å²) in [7, 11) is 0. The zero-order valence-electron chi connectivity index (χ0n) is 25.2. The van der Waals surface area contributed by atoms with Gasteiger partial charge in [-0.1, -0.05) is 43.3 Å². The van der Waals surface area contributed by atoms with Gasteiger partial charge >= 0.3 is 0 Å². The number of nitrogens with one attached hydrogen (secondary N) is 1. The molecular weight excluding hydrogens is 540 g/mol. The van der Waals surface area contributed by atoms with Crippen molar-refractivity contribution in [3.05, 3.63) is 90.2 Å². The molecule has 1 N–H and O–H groups in total. The Morgan fingerprint density at radius 2 is 1.79 bits per heavy atom. The van der Waals surface area contributed by atoms with Gasteiger partial charge in [0.1, 0.15) is 24.1 Å². The molecule has 0 aliphatic carbocycles. The van der Waals surface area contributed by atoms with Crippen molar-refractivity contribution in [1.29, 1.82) is 0 Å². The topological polar surface area (TPSA) is 110 Å². The van der Waals surface area contributed by atoms with Gasteiger partial charge in [-0.05, 0) is 67.9 Å². The van der Waals surface area contributed by atoms with E-state index in [-0.39, 0.29) is 36.1 Å². The molecule has 0 spiro atoms. The number of hydrogen-bond donors (Lipinski definition) is 1. The number of likely N-dealkylation sites (tertiary alicyclic amines) is 1. The maximum absolute atomic E-state index is 13.9. The third-order valence-electron chi connectivity index (χ3n) is 8.22. The highest BCUT2D eigenvalue weighted by Gasteiger charge is 2.43. The number of amides is 2. The number of carbonyl (C=O) groups excluding carboxylic acids is 3. The standard InChI is InChI=1S/C34H38N6O3/c1-6-29-21(2)16-30(34(43)35-14-10-13-25-11-8-7-9-12-25)40(29)31(42)20-39-33-22(3)15-26(27-18-36-24(5)37-19-27)17-28(33)32(38-39)23(4)41/h6-9,11-12,15,17-19,21,29-30H,1,10,13-14,16,20H2,2-5H3,(H,35,43)/t21-,29+,30-/m0/s1. The van der Waals surface area contributed by atoms with Gasteiger partial charge in [0, 0.05) is 36.8 Å². The summed E-state index contributed by atoms with van der Waals surface area (Å²) < 4.78 is 1.59. The van der Waals surface area contributed by atoms with Crippen LogP contribution in [0.5, 0.6) is 0 Å². The largest absolute Gasteiger partial charge is 0.354 e. The number of hydrogen-bond acceptors (Lipinski definition) is 6. The van der Waals surface area contributed by atoms with Crippen LogP contribution in [0.4, 0.5) is 0 Å². The van der Waals surface area contributed by atoms with Crippen LogP contribution in [0.15, 0.2) is 67.5 Å². The minimum Gasteiger partial charge on any atom is -0.354 e. The summed E-state index contributed by atoms with van der Waals surface area (Å²) >= 11 is 0. The lowest BCUT2D eigenvalue weighted by atomic mass is 10.0. The van der Waals surface area contributed by atoms with Crippen molar-refractivity contribution in [3.8, 4) is 11.1 Å². The summed E-state index contributed by atoms with van der Waals surface area (Å²) in [6.07, 6.45) is 7.46. The molecule has 1 fully saturated rings. The van der Waals surface area contributed by atoms with Crippen molar-refractivity contribution in [2.45, 2.75) is 65.6 Å². The molecule has 4 aromatic rings. The van der Waals surface area contributed by atoms with E-state index in [1.807, 2.05) is 51.1 Å². The number of benzene rings is 2. The lowest BCUT2D eigenvalue weighted by Gasteiger charge is -2.29. The zero-order valence-corrected chi connectivity index (χ0v) is 25.2. The van der Waals surface area contributed by atoms with E-state index < -0.39 is 6.04 Å². The molecule has 43 heavy (non-hydrogen) atoms. The van der Waals surface area contributed by atoms with Crippen molar-refractivity contribution >= 4 is 28.5 Å². The fourth-order valence-corrected chi connectivity index (χ4v) is 6.09. The average molecular weight is 579 g/mol. The summed E-state index contributed by atoms with van der Waals surface area (Å²) in [5, 5.41) is 8.31. The molecule has 222 valence electrons. The summed E-state index contributed by atoms with van der Waals surface area (Å²) in [5.41, 5.74) is 4.78. The molecule has 3 atom stereocenters. The number of ketones is 1. The van der Waals surface area contributed by atoms with Crippen LogP contribution in [-0.4, -0.2) is 60.9 Å². The quantitative estimate of drug-likeness (QED) is 0.164. The molecule has 2 aromatic carbocycles. The van der Waals surface area contributed by atoms with Crippen molar-refractivity contribution in [1.82, 2.24) is 30.0 Å². The second kappa shape index (κ2) is 12.7. The molecule has 0 bridgehead atoms. The van der Waals surface area contributed by atoms with Gasteiger partial charge in [-0.25, -0.2) is 9.97 Å². The lowest BCUT2D eigenvalue weighted by molar-refractivity contribution is -0.140. The van der Waals surface area contributed by atoms with E-state index in [0.29, 0.717) is 35.4 Å². The Kier molecular flexibility index (Phi) is 8.80. The Bertz CT molecular complexity index is 1660. The van der Waals surface area contributed by atoms with Crippen LogP contribution in [0.3, 0.4) is 0 Å². The molecule has 2 aromatic heterocycles. The van der Waals surface area contributed by atoms with Gasteiger partial charge in [-0.2, -0.15) is 5.10 Å². The Hall–Kier alpha value is -4.66. The average Bonchev–Trinajstić information content (AvgIpc) is 3.53. The molecule has 0 radical (unpaired) electrons. The van der Waals surface area contributed by atoms with Crippen molar-refractivity contribution in [2.75, 3.05) is 6.54 Å². The second-order valence-electron chi connectivity index (χ2n) is 11.4. The maximum atomic E-state index is 13.9. The molecule has 5 rings (SSSR count). The molecule has 1 aliphatic heterocycles. The number of rotatable bonds is 10. The van der Waals surface area contributed by atoms with Gasteiger partial charge in [-0.15, -0.1) is 6.58 Å². The maximum Gasteiger partial charge on any atom is 0.245 e. The van der Waals surface area contributed by atoms with Gasteiger partial charge in [0.05, 0.1) is 11.6 Å². The minimum atomic E-state index is -0.606.